The molecule has 5 nitrogen and oxygen atoms in total. The Labute approximate surface area is 122 Å². The zero-order valence-electron chi connectivity index (χ0n) is 11.9. The third-order valence-electron chi connectivity index (χ3n) is 3.64. The fourth-order valence-corrected chi connectivity index (χ4v) is 2.64. The molecule has 7 heteroatoms. The summed E-state index contributed by atoms with van der Waals surface area (Å²) in [5.74, 6) is -3.17. The second-order valence-electron chi connectivity index (χ2n) is 5.03. The number of piperazine rings is 1. The maximum Gasteiger partial charge on any atom is 0.290 e. The molecule has 0 amide bonds. The van der Waals surface area contributed by atoms with Crippen LogP contribution in [-0.2, 0) is 0 Å². The van der Waals surface area contributed by atoms with E-state index >= 15 is 0 Å². The summed E-state index contributed by atoms with van der Waals surface area (Å²) in [5.41, 5.74) is 0.260. The average molecular weight is 302 g/mol. The van der Waals surface area contributed by atoms with Gasteiger partial charge in [-0.25, -0.2) is 8.78 Å². The number of aliphatic hydroxyl groups is 1. The highest BCUT2D eigenvalue weighted by molar-refractivity contribution is 5.43. The number of phenolic OH excluding ortho intramolecular Hbond substituents is 1. The minimum absolute atomic E-state index is 0.0537. The number of benzene rings is 1. The smallest absolute Gasteiger partial charge is 0.290 e. The molecule has 0 aromatic heterocycles. The summed E-state index contributed by atoms with van der Waals surface area (Å²) in [6.45, 7) is 0.872. The lowest BCUT2D eigenvalue weighted by Gasteiger charge is -2.39. The van der Waals surface area contributed by atoms with Gasteiger partial charge < -0.3 is 20.3 Å². The molecule has 1 aromatic carbocycles. The third kappa shape index (κ3) is 3.42. The van der Waals surface area contributed by atoms with Crippen LogP contribution in [0, 0.1) is 0 Å². The topological polar surface area (TPSA) is 65.0 Å². The summed E-state index contributed by atoms with van der Waals surface area (Å²) < 4.78 is 33.7. The molecule has 2 rings (SSSR count). The predicted molar refractivity (Wildman–Crippen MR) is 73.9 cm³/mol. The normalized spacial score (nSPS) is 18.5. The molecule has 0 radical (unpaired) electrons. The van der Waals surface area contributed by atoms with E-state index in [9.17, 15) is 13.9 Å². The van der Waals surface area contributed by atoms with Crippen LogP contribution < -0.4 is 10.1 Å². The van der Waals surface area contributed by atoms with Gasteiger partial charge in [-0.3, -0.25) is 4.90 Å². The lowest BCUT2D eigenvalue weighted by Crippen LogP contribution is -2.51. The zero-order chi connectivity index (χ0) is 15.5. The maximum absolute atomic E-state index is 14.3. The van der Waals surface area contributed by atoms with Crippen LogP contribution in [-0.4, -0.2) is 60.9 Å². The van der Waals surface area contributed by atoms with Gasteiger partial charge in [0.2, 0.25) is 0 Å². The zero-order valence-corrected chi connectivity index (χ0v) is 11.9. The first kappa shape index (κ1) is 15.9. The lowest BCUT2D eigenvalue weighted by molar-refractivity contribution is -0.119. The van der Waals surface area contributed by atoms with Crippen molar-refractivity contribution in [3.63, 3.8) is 0 Å². The minimum Gasteiger partial charge on any atom is -0.508 e. The Hall–Kier alpha value is -1.44. The van der Waals surface area contributed by atoms with E-state index in [0.29, 0.717) is 26.2 Å². The first-order chi connectivity index (χ1) is 9.99. The molecule has 0 bridgehead atoms. The molecule has 0 unspecified atom stereocenters. The number of ether oxygens (including phenoxy) is 1. The quantitative estimate of drug-likeness (QED) is 0.756. The number of alkyl halides is 2. The second-order valence-corrected chi connectivity index (χ2v) is 5.03. The molecule has 0 aliphatic carbocycles. The van der Waals surface area contributed by atoms with Gasteiger partial charge in [0, 0.05) is 37.8 Å². The first-order valence-electron chi connectivity index (χ1n) is 6.80. The highest BCUT2D eigenvalue weighted by atomic mass is 19.3. The highest BCUT2D eigenvalue weighted by Gasteiger charge is 2.45. The van der Waals surface area contributed by atoms with Crippen molar-refractivity contribution in [2.24, 2.45) is 0 Å². The van der Waals surface area contributed by atoms with E-state index in [1.165, 1.54) is 25.3 Å². The number of nitrogens with zero attached hydrogens (tertiary/aromatic N) is 1. The predicted octanol–water partition coefficient (Wildman–Crippen LogP) is 0.975. The van der Waals surface area contributed by atoms with Gasteiger partial charge in [-0.2, -0.15) is 0 Å². The van der Waals surface area contributed by atoms with Crippen LogP contribution in [0.4, 0.5) is 8.78 Å². The summed E-state index contributed by atoms with van der Waals surface area (Å²) in [6, 6.07) is 2.78. The van der Waals surface area contributed by atoms with Gasteiger partial charge >= 0.3 is 0 Å². The van der Waals surface area contributed by atoms with E-state index in [-0.39, 0.29) is 17.1 Å². The molecule has 0 spiro atoms. The van der Waals surface area contributed by atoms with Crippen LogP contribution >= 0.6 is 0 Å². The molecule has 1 aliphatic rings. The Morgan fingerprint density at radius 1 is 1.38 bits per heavy atom. The molecule has 1 fully saturated rings. The number of phenols is 1. The SMILES string of the molecule is COc1cc(O)ccc1[C@H](N1CCNCC1)C(F)(F)CO. The number of hydrogen-bond acceptors (Lipinski definition) is 5. The number of rotatable bonds is 5. The summed E-state index contributed by atoms with van der Waals surface area (Å²) in [6.07, 6.45) is 0. The van der Waals surface area contributed by atoms with Crippen molar-refractivity contribution < 1.29 is 23.7 Å². The van der Waals surface area contributed by atoms with Crippen LogP contribution in [0.25, 0.3) is 0 Å². The first-order valence-corrected chi connectivity index (χ1v) is 6.80. The van der Waals surface area contributed by atoms with Crippen LogP contribution in [0.15, 0.2) is 18.2 Å². The maximum atomic E-state index is 14.3. The van der Waals surface area contributed by atoms with Crippen molar-refractivity contribution in [1.29, 1.82) is 0 Å². The molecule has 3 N–H and O–H groups in total. The molecule has 1 saturated heterocycles. The van der Waals surface area contributed by atoms with Gasteiger partial charge in [-0.15, -0.1) is 0 Å². The molecule has 1 aromatic rings. The fourth-order valence-electron chi connectivity index (χ4n) is 2.64. The van der Waals surface area contributed by atoms with E-state index in [1.54, 1.807) is 4.90 Å². The summed E-state index contributed by atoms with van der Waals surface area (Å²) in [4.78, 5) is 1.63. The van der Waals surface area contributed by atoms with Crippen molar-refractivity contribution >= 4 is 0 Å². The molecule has 1 aliphatic heterocycles. The van der Waals surface area contributed by atoms with Crippen molar-refractivity contribution in [3.05, 3.63) is 23.8 Å². The largest absolute Gasteiger partial charge is 0.508 e. The second kappa shape index (κ2) is 6.55. The summed E-state index contributed by atoms with van der Waals surface area (Å²) >= 11 is 0. The molecular weight excluding hydrogens is 282 g/mol. The van der Waals surface area contributed by atoms with E-state index in [2.05, 4.69) is 5.32 Å². The standard InChI is InChI=1S/C14H20F2N2O3/c1-21-12-8-10(20)2-3-11(12)13(14(15,16)9-19)18-6-4-17-5-7-18/h2-3,8,13,17,19-20H,4-7,9H2,1H3/t13-/m0/s1. The Morgan fingerprint density at radius 3 is 2.62 bits per heavy atom. The van der Waals surface area contributed by atoms with Crippen LogP contribution in [0.3, 0.4) is 0 Å². The summed E-state index contributed by atoms with van der Waals surface area (Å²) in [5, 5.41) is 21.7. The van der Waals surface area contributed by atoms with Crippen molar-refractivity contribution in [1.82, 2.24) is 10.2 Å². The Bertz CT molecular complexity index is 479. The van der Waals surface area contributed by atoms with Gasteiger partial charge in [-0.05, 0) is 12.1 Å². The monoisotopic (exact) mass is 302 g/mol. The number of methoxy groups -OCH3 is 1. The van der Waals surface area contributed by atoms with E-state index in [4.69, 9.17) is 9.84 Å². The van der Waals surface area contributed by atoms with E-state index < -0.39 is 18.6 Å². The lowest BCUT2D eigenvalue weighted by atomic mass is 9.97. The minimum atomic E-state index is -3.30. The van der Waals surface area contributed by atoms with Gasteiger partial charge in [-0.1, -0.05) is 0 Å². The van der Waals surface area contributed by atoms with Crippen molar-refractivity contribution in [2.75, 3.05) is 39.9 Å². The van der Waals surface area contributed by atoms with Crippen molar-refractivity contribution in [2.45, 2.75) is 12.0 Å². The molecular formula is C14H20F2N2O3. The van der Waals surface area contributed by atoms with Gasteiger partial charge in [0.05, 0.1) is 7.11 Å². The Kier molecular flexibility index (Phi) is 4.97. The highest BCUT2D eigenvalue weighted by Crippen LogP contribution is 2.41. The van der Waals surface area contributed by atoms with Crippen LogP contribution in [0.1, 0.15) is 11.6 Å². The number of halogens is 2. The van der Waals surface area contributed by atoms with Gasteiger partial charge in [0.1, 0.15) is 24.1 Å². The third-order valence-corrected chi connectivity index (χ3v) is 3.64. The number of aromatic hydroxyl groups is 1. The van der Waals surface area contributed by atoms with E-state index in [0.717, 1.165) is 0 Å². The number of hydrogen-bond donors (Lipinski definition) is 3. The number of aliphatic hydroxyl groups excluding tert-OH is 1. The molecule has 1 atom stereocenters. The molecule has 0 saturated carbocycles. The molecule has 1 heterocycles. The molecule has 21 heavy (non-hydrogen) atoms. The van der Waals surface area contributed by atoms with Crippen molar-refractivity contribution in [3.8, 4) is 11.5 Å². The average Bonchev–Trinajstić information content (AvgIpc) is 2.50. The Morgan fingerprint density at radius 2 is 2.05 bits per heavy atom. The van der Waals surface area contributed by atoms with Crippen LogP contribution in [0.2, 0.25) is 0 Å². The number of nitrogens with one attached hydrogen (secondary N) is 1. The van der Waals surface area contributed by atoms with Crippen LogP contribution in [0.5, 0.6) is 11.5 Å². The Balaban J connectivity index is 2.43. The van der Waals surface area contributed by atoms with Gasteiger partial charge in [0.25, 0.3) is 5.92 Å². The molecule has 118 valence electrons. The van der Waals surface area contributed by atoms with Gasteiger partial charge in [0.15, 0.2) is 0 Å². The van der Waals surface area contributed by atoms with E-state index in [1.807, 2.05) is 0 Å². The summed E-state index contributed by atoms with van der Waals surface area (Å²) in [7, 11) is 1.37. The fraction of sp³-hybridized carbons (Fsp3) is 0.571.